The topological polar surface area (TPSA) is 99.6 Å². The molecule has 0 aromatic heterocycles. The van der Waals surface area contributed by atoms with Crippen LogP contribution in [0.5, 0.6) is 5.75 Å². The van der Waals surface area contributed by atoms with E-state index in [1.54, 1.807) is 43.1 Å². The zero-order valence-corrected chi connectivity index (χ0v) is 26.4. The number of aryl methyl sites for hydroxylation is 1. The number of rotatable bonds is 7. The van der Waals surface area contributed by atoms with Crippen molar-refractivity contribution in [2.45, 2.75) is 70.1 Å². The third kappa shape index (κ3) is 8.44. The Bertz CT molecular complexity index is 1250. The Hall–Kier alpha value is -2.66. The van der Waals surface area contributed by atoms with E-state index in [-0.39, 0.29) is 42.5 Å². The maximum atomic E-state index is 14.1. The lowest BCUT2D eigenvalue weighted by Crippen LogP contribution is -2.48. The molecule has 1 heterocycles. The molecular weight excluding hydrogens is 542 g/mol. The SMILES string of the molecule is Cc1ccc(S(=O)(=O)N(C)C[C@@H]2OCCCC[C@@H](C)Oc3ccc(N(C)C)cc3C(=O)N([C@@H](C)CO)C[C@@H]2C)cc1. The van der Waals surface area contributed by atoms with E-state index in [2.05, 4.69) is 0 Å². The van der Waals surface area contributed by atoms with E-state index < -0.39 is 22.2 Å². The summed E-state index contributed by atoms with van der Waals surface area (Å²) >= 11 is 0. The number of aliphatic hydroxyl groups is 1. The van der Waals surface area contributed by atoms with Gasteiger partial charge in [0.2, 0.25) is 10.0 Å². The van der Waals surface area contributed by atoms with E-state index in [0.717, 1.165) is 30.5 Å². The van der Waals surface area contributed by atoms with Gasteiger partial charge in [-0.3, -0.25) is 4.79 Å². The van der Waals surface area contributed by atoms with Gasteiger partial charge in [-0.1, -0.05) is 24.6 Å². The van der Waals surface area contributed by atoms with Gasteiger partial charge in [0.1, 0.15) is 5.75 Å². The van der Waals surface area contributed by atoms with E-state index >= 15 is 0 Å². The van der Waals surface area contributed by atoms with Crippen LogP contribution in [-0.4, -0.2) is 94.3 Å². The molecule has 0 radical (unpaired) electrons. The fourth-order valence-corrected chi connectivity index (χ4v) is 6.08. The van der Waals surface area contributed by atoms with Crippen molar-refractivity contribution in [2.24, 2.45) is 5.92 Å². The summed E-state index contributed by atoms with van der Waals surface area (Å²) in [5.41, 5.74) is 2.28. The number of benzene rings is 2. The van der Waals surface area contributed by atoms with Gasteiger partial charge in [-0.15, -0.1) is 0 Å². The number of carbonyl (C=O) groups excluding carboxylic acids is 1. The van der Waals surface area contributed by atoms with Crippen LogP contribution in [-0.2, 0) is 14.8 Å². The van der Waals surface area contributed by atoms with Crippen molar-refractivity contribution in [3.05, 3.63) is 53.6 Å². The fourth-order valence-electron chi connectivity index (χ4n) is 4.89. The third-order valence-corrected chi connectivity index (χ3v) is 9.56. The Morgan fingerprint density at radius 1 is 1.07 bits per heavy atom. The average molecular weight is 590 g/mol. The summed E-state index contributed by atoms with van der Waals surface area (Å²) in [5, 5.41) is 10.1. The molecule has 0 unspecified atom stereocenters. The second kappa shape index (κ2) is 14.5. The molecule has 0 spiro atoms. The standard InChI is InChI=1S/C31H47N3O6S/c1-22-11-14-27(15-12-22)41(37,38)33(7)20-30-23(2)19-34(24(3)21-35)31(36)28-18-26(32(5)6)13-16-29(28)40-25(4)10-8-9-17-39-30/h11-16,18,23-25,30,35H,8-10,17,19-21H2,1-7H3/t23-,24-,25+,30-/m0/s1. The van der Waals surface area contributed by atoms with Crippen molar-refractivity contribution in [1.82, 2.24) is 9.21 Å². The quantitative estimate of drug-likeness (QED) is 0.517. The molecule has 10 heteroatoms. The van der Waals surface area contributed by atoms with Gasteiger partial charge in [-0.25, -0.2) is 8.42 Å². The smallest absolute Gasteiger partial charge is 0.258 e. The molecule has 1 amide bonds. The summed E-state index contributed by atoms with van der Waals surface area (Å²) in [7, 11) is 1.66. The fraction of sp³-hybridized carbons (Fsp3) is 0.581. The molecule has 41 heavy (non-hydrogen) atoms. The number of aliphatic hydroxyl groups excluding tert-OH is 1. The average Bonchev–Trinajstić information content (AvgIpc) is 2.93. The summed E-state index contributed by atoms with van der Waals surface area (Å²) in [6, 6.07) is 11.9. The van der Waals surface area contributed by atoms with Crippen LogP contribution in [0.2, 0.25) is 0 Å². The Kier molecular flexibility index (Phi) is 11.6. The minimum Gasteiger partial charge on any atom is -0.490 e. The predicted molar refractivity (Wildman–Crippen MR) is 162 cm³/mol. The highest BCUT2D eigenvalue weighted by molar-refractivity contribution is 7.89. The van der Waals surface area contributed by atoms with Gasteiger partial charge in [0, 0.05) is 52.4 Å². The van der Waals surface area contributed by atoms with Crippen molar-refractivity contribution in [3.63, 3.8) is 0 Å². The molecule has 3 rings (SSSR count). The normalized spacial score (nSPS) is 22.0. The first kappa shape index (κ1) is 32.8. The van der Waals surface area contributed by atoms with E-state index in [9.17, 15) is 18.3 Å². The maximum Gasteiger partial charge on any atom is 0.258 e. The van der Waals surface area contributed by atoms with Crippen LogP contribution in [0.15, 0.2) is 47.4 Å². The molecule has 0 aliphatic carbocycles. The van der Waals surface area contributed by atoms with Gasteiger partial charge < -0.3 is 24.4 Å². The predicted octanol–water partition coefficient (Wildman–Crippen LogP) is 4.18. The highest BCUT2D eigenvalue weighted by Crippen LogP contribution is 2.29. The highest BCUT2D eigenvalue weighted by atomic mass is 32.2. The third-order valence-electron chi connectivity index (χ3n) is 7.72. The van der Waals surface area contributed by atoms with E-state index in [1.807, 2.05) is 58.0 Å². The largest absolute Gasteiger partial charge is 0.490 e. The van der Waals surface area contributed by atoms with Gasteiger partial charge in [0.05, 0.1) is 35.3 Å². The second-order valence-electron chi connectivity index (χ2n) is 11.5. The number of ether oxygens (including phenoxy) is 2. The van der Waals surface area contributed by atoms with Crippen LogP contribution >= 0.6 is 0 Å². The molecule has 0 bridgehead atoms. The van der Waals surface area contributed by atoms with E-state index in [0.29, 0.717) is 17.9 Å². The minimum atomic E-state index is -3.73. The van der Waals surface area contributed by atoms with Gasteiger partial charge in [0.15, 0.2) is 0 Å². The zero-order valence-electron chi connectivity index (χ0n) is 25.5. The molecular formula is C31H47N3O6S. The molecule has 1 aliphatic rings. The molecule has 9 nitrogen and oxygen atoms in total. The zero-order chi connectivity index (χ0) is 30.3. The number of anilines is 1. The summed E-state index contributed by atoms with van der Waals surface area (Å²) < 4.78 is 40.6. The first-order valence-electron chi connectivity index (χ1n) is 14.4. The molecule has 4 atom stereocenters. The molecule has 1 N–H and O–H groups in total. The van der Waals surface area contributed by atoms with Crippen LogP contribution in [0.3, 0.4) is 0 Å². The lowest BCUT2D eigenvalue weighted by molar-refractivity contribution is -0.00833. The van der Waals surface area contributed by atoms with E-state index in [4.69, 9.17) is 9.47 Å². The van der Waals surface area contributed by atoms with Crippen LogP contribution < -0.4 is 9.64 Å². The van der Waals surface area contributed by atoms with E-state index in [1.165, 1.54) is 4.31 Å². The Morgan fingerprint density at radius 2 is 1.76 bits per heavy atom. The molecule has 1 aliphatic heterocycles. The first-order chi connectivity index (χ1) is 19.3. The lowest BCUT2D eigenvalue weighted by Gasteiger charge is -2.35. The van der Waals surface area contributed by atoms with Crippen molar-refractivity contribution in [1.29, 1.82) is 0 Å². The number of amides is 1. The van der Waals surface area contributed by atoms with Crippen LogP contribution in [0.25, 0.3) is 0 Å². The second-order valence-corrected chi connectivity index (χ2v) is 13.5. The molecule has 0 saturated heterocycles. The van der Waals surface area contributed by atoms with Crippen LogP contribution in [0.1, 0.15) is 56.0 Å². The Balaban J connectivity index is 1.96. The van der Waals surface area contributed by atoms with Gasteiger partial charge in [-0.05, 0) is 70.4 Å². The van der Waals surface area contributed by atoms with Gasteiger partial charge >= 0.3 is 0 Å². The highest BCUT2D eigenvalue weighted by Gasteiger charge is 2.32. The molecule has 0 saturated carbocycles. The molecule has 2 aromatic carbocycles. The number of likely N-dealkylation sites (N-methyl/N-ethyl adjacent to an activating group) is 1. The summed E-state index contributed by atoms with van der Waals surface area (Å²) in [5.74, 6) is 0.0392. The van der Waals surface area contributed by atoms with Gasteiger partial charge in [-0.2, -0.15) is 4.31 Å². The van der Waals surface area contributed by atoms with Crippen molar-refractivity contribution < 1.29 is 27.8 Å². The van der Waals surface area contributed by atoms with Gasteiger partial charge in [0.25, 0.3) is 5.91 Å². The number of carbonyl (C=O) groups is 1. The number of nitrogens with zero attached hydrogens (tertiary/aromatic N) is 3. The van der Waals surface area contributed by atoms with Crippen LogP contribution in [0, 0.1) is 12.8 Å². The van der Waals surface area contributed by atoms with Crippen molar-refractivity contribution in [2.75, 3.05) is 52.3 Å². The van der Waals surface area contributed by atoms with Crippen molar-refractivity contribution in [3.8, 4) is 5.75 Å². The number of fused-ring (bicyclic) bond motifs is 1. The Labute approximate surface area is 246 Å². The monoisotopic (exact) mass is 589 g/mol. The first-order valence-corrected chi connectivity index (χ1v) is 15.8. The maximum absolute atomic E-state index is 14.1. The molecule has 2 aromatic rings. The Morgan fingerprint density at radius 3 is 2.39 bits per heavy atom. The summed E-state index contributed by atoms with van der Waals surface area (Å²) in [6.45, 7) is 8.32. The van der Waals surface area contributed by atoms with Crippen LogP contribution in [0.4, 0.5) is 5.69 Å². The lowest BCUT2D eigenvalue weighted by atomic mass is 10.0. The summed E-state index contributed by atoms with van der Waals surface area (Å²) in [4.78, 5) is 17.9. The molecule has 0 fully saturated rings. The number of hydrogen-bond acceptors (Lipinski definition) is 7. The minimum absolute atomic E-state index is 0.112. The van der Waals surface area contributed by atoms with Crippen molar-refractivity contribution >= 4 is 21.6 Å². The summed E-state index contributed by atoms with van der Waals surface area (Å²) in [6.07, 6.45) is 1.87. The number of sulfonamides is 1. The molecule has 228 valence electrons. The number of hydrogen-bond donors (Lipinski definition) is 1.